The van der Waals surface area contributed by atoms with Gasteiger partial charge in [0.2, 0.25) is 5.89 Å². The van der Waals surface area contributed by atoms with Gasteiger partial charge in [-0.1, -0.05) is 15.9 Å². The Balaban J connectivity index is 2.23. The molecule has 3 nitrogen and oxygen atoms in total. The first-order chi connectivity index (χ1) is 9.04. The summed E-state index contributed by atoms with van der Waals surface area (Å²) in [5.41, 5.74) is 8.35. The Labute approximate surface area is 130 Å². The van der Waals surface area contributed by atoms with Crippen molar-refractivity contribution in [2.75, 3.05) is 5.73 Å². The van der Waals surface area contributed by atoms with Gasteiger partial charge in [-0.2, -0.15) is 0 Å². The molecule has 0 fully saturated rings. The summed E-state index contributed by atoms with van der Waals surface area (Å²) in [6.07, 6.45) is 0. The third kappa shape index (κ3) is 2.34. The number of oxazole rings is 1. The van der Waals surface area contributed by atoms with E-state index in [4.69, 9.17) is 10.2 Å². The van der Waals surface area contributed by atoms with E-state index in [0.717, 1.165) is 13.6 Å². The topological polar surface area (TPSA) is 52.0 Å². The molecule has 0 atom stereocenters. The van der Waals surface area contributed by atoms with Gasteiger partial charge < -0.3 is 10.2 Å². The van der Waals surface area contributed by atoms with Gasteiger partial charge in [0, 0.05) is 8.04 Å². The first-order valence-electron chi connectivity index (χ1n) is 5.35. The Morgan fingerprint density at radius 3 is 2.79 bits per heavy atom. The SMILES string of the molecule is Nc1cc(Br)cc2nc(-c3ccc(F)cc3I)oc12. The number of nitrogens with zero attached hydrogens (tertiary/aromatic N) is 1. The van der Waals surface area contributed by atoms with Gasteiger partial charge in [0.15, 0.2) is 5.58 Å². The fourth-order valence-corrected chi connectivity index (χ4v) is 2.97. The van der Waals surface area contributed by atoms with Crippen molar-refractivity contribution in [3.8, 4) is 11.5 Å². The van der Waals surface area contributed by atoms with Crippen LogP contribution in [0.1, 0.15) is 0 Å². The van der Waals surface area contributed by atoms with E-state index in [0.29, 0.717) is 22.7 Å². The normalized spacial score (nSPS) is 11.1. The summed E-state index contributed by atoms with van der Waals surface area (Å²) in [6, 6.07) is 8.05. The molecule has 19 heavy (non-hydrogen) atoms. The highest BCUT2D eigenvalue weighted by molar-refractivity contribution is 14.1. The number of nitrogen functional groups attached to an aromatic ring is 1. The maximum absolute atomic E-state index is 13.1. The summed E-state index contributed by atoms with van der Waals surface area (Å²) in [4.78, 5) is 4.39. The van der Waals surface area contributed by atoms with Crippen LogP contribution in [0.25, 0.3) is 22.6 Å². The standard InChI is InChI=1S/C13H7BrFIN2O/c14-6-3-10(17)12-11(4-6)18-13(19-12)8-2-1-7(15)5-9(8)16/h1-5H,17H2. The van der Waals surface area contributed by atoms with E-state index < -0.39 is 0 Å². The number of hydrogen-bond acceptors (Lipinski definition) is 3. The molecule has 0 radical (unpaired) electrons. The average Bonchev–Trinajstić information content (AvgIpc) is 2.72. The van der Waals surface area contributed by atoms with Crippen molar-refractivity contribution in [2.45, 2.75) is 0 Å². The highest BCUT2D eigenvalue weighted by Crippen LogP contribution is 2.32. The maximum Gasteiger partial charge on any atom is 0.228 e. The number of rotatable bonds is 1. The Kier molecular flexibility index (Phi) is 3.22. The van der Waals surface area contributed by atoms with Crippen LogP contribution >= 0.6 is 38.5 Å². The van der Waals surface area contributed by atoms with Gasteiger partial charge in [0.1, 0.15) is 11.3 Å². The summed E-state index contributed by atoms with van der Waals surface area (Å²) in [5.74, 6) is 0.149. The number of benzene rings is 2. The van der Waals surface area contributed by atoms with Gasteiger partial charge >= 0.3 is 0 Å². The minimum atomic E-state index is -0.286. The number of fused-ring (bicyclic) bond motifs is 1. The van der Waals surface area contributed by atoms with Crippen molar-refractivity contribution < 1.29 is 8.81 Å². The molecule has 0 saturated carbocycles. The van der Waals surface area contributed by atoms with E-state index in [1.807, 2.05) is 28.7 Å². The molecule has 0 aliphatic carbocycles. The van der Waals surface area contributed by atoms with Crippen LogP contribution in [-0.2, 0) is 0 Å². The molecule has 0 aliphatic rings. The molecular weight excluding hydrogens is 426 g/mol. The zero-order valence-electron chi connectivity index (χ0n) is 9.45. The van der Waals surface area contributed by atoms with Crippen LogP contribution in [0.2, 0.25) is 0 Å². The first-order valence-corrected chi connectivity index (χ1v) is 7.23. The quantitative estimate of drug-likeness (QED) is 0.452. The first kappa shape index (κ1) is 12.9. The largest absolute Gasteiger partial charge is 0.434 e. The molecule has 0 saturated heterocycles. The predicted octanol–water partition coefficient (Wildman–Crippen LogP) is 4.58. The van der Waals surface area contributed by atoms with Gasteiger partial charge in [-0.25, -0.2) is 9.37 Å². The lowest BCUT2D eigenvalue weighted by molar-refractivity contribution is 0.616. The van der Waals surface area contributed by atoms with E-state index in [9.17, 15) is 4.39 Å². The number of anilines is 1. The average molecular weight is 433 g/mol. The molecule has 0 aliphatic heterocycles. The van der Waals surface area contributed by atoms with Crippen LogP contribution in [0.3, 0.4) is 0 Å². The molecule has 0 unspecified atom stereocenters. The van der Waals surface area contributed by atoms with Crippen LogP contribution in [0.15, 0.2) is 39.2 Å². The number of nitrogens with two attached hydrogens (primary N) is 1. The molecule has 1 heterocycles. The van der Waals surface area contributed by atoms with Gasteiger partial charge in [0.25, 0.3) is 0 Å². The number of aromatic nitrogens is 1. The molecule has 0 bridgehead atoms. The van der Waals surface area contributed by atoms with Crippen molar-refractivity contribution in [1.29, 1.82) is 0 Å². The van der Waals surface area contributed by atoms with Gasteiger partial charge in [0.05, 0.1) is 11.3 Å². The smallest absolute Gasteiger partial charge is 0.228 e. The predicted molar refractivity (Wildman–Crippen MR) is 84.2 cm³/mol. The number of halogens is 3. The van der Waals surface area contributed by atoms with Crippen molar-refractivity contribution in [1.82, 2.24) is 4.98 Å². The van der Waals surface area contributed by atoms with E-state index in [1.54, 1.807) is 12.1 Å². The Hall–Kier alpha value is -1.15. The second-order valence-corrected chi connectivity index (χ2v) is 6.06. The summed E-state index contributed by atoms with van der Waals surface area (Å²) in [7, 11) is 0. The summed E-state index contributed by atoms with van der Waals surface area (Å²) >= 11 is 5.41. The van der Waals surface area contributed by atoms with Crippen LogP contribution in [-0.4, -0.2) is 4.98 Å². The molecule has 0 spiro atoms. The second-order valence-electron chi connectivity index (χ2n) is 3.99. The van der Waals surface area contributed by atoms with E-state index >= 15 is 0 Å². The second kappa shape index (κ2) is 4.75. The molecule has 1 aromatic heterocycles. The minimum Gasteiger partial charge on any atom is -0.434 e. The molecule has 2 N–H and O–H groups in total. The molecule has 96 valence electrons. The summed E-state index contributed by atoms with van der Waals surface area (Å²) < 4.78 is 20.4. The fourth-order valence-electron chi connectivity index (χ4n) is 1.80. The fraction of sp³-hybridized carbons (Fsp3) is 0. The molecule has 0 amide bonds. The minimum absolute atomic E-state index is 0.286. The highest BCUT2D eigenvalue weighted by atomic mass is 127. The van der Waals surface area contributed by atoms with Crippen LogP contribution < -0.4 is 5.73 Å². The maximum atomic E-state index is 13.1. The van der Waals surface area contributed by atoms with Crippen LogP contribution in [0.5, 0.6) is 0 Å². The molecule has 3 rings (SSSR count). The third-order valence-electron chi connectivity index (χ3n) is 2.65. The van der Waals surface area contributed by atoms with E-state index in [2.05, 4.69) is 20.9 Å². The summed E-state index contributed by atoms with van der Waals surface area (Å²) in [5, 5.41) is 0. The van der Waals surface area contributed by atoms with Crippen LogP contribution in [0.4, 0.5) is 10.1 Å². The monoisotopic (exact) mass is 432 g/mol. The van der Waals surface area contributed by atoms with E-state index in [1.165, 1.54) is 12.1 Å². The van der Waals surface area contributed by atoms with Crippen molar-refractivity contribution >= 4 is 55.3 Å². The molecule has 6 heteroatoms. The lowest BCUT2D eigenvalue weighted by Gasteiger charge is -1.99. The lowest BCUT2D eigenvalue weighted by Crippen LogP contribution is -1.84. The van der Waals surface area contributed by atoms with Gasteiger partial charge in [-0.15, -0.1) is 0 Å². The van der Waals surface area contributed by atoms with Gasteiger partial charge in [-0.05, 0) is 52.9 Å². The van der Waals surface area contributed by atoms with Crippen molar-refractivity contribution in [3.63, 3.8) is 0 Å². The highest BCUT2D eigenvalue weighted by Gasteiger charge is 2.14. The van der Waals surface area contributed by atoms with Gasteiger partial charge in [-0.3, -0.25) is 0 Å². The van der Waals surface area contributed by atoms with Crippen LogP contribution in [0, 0.1) is 9.39 Å². The Morgan fingerprint density at radius 1 is 1.26 bits per heavy atom. The summed E-state index contributed by atoms with van der Waals surface area (Å²) in [6.45, 7) is 0. The Bertz CT molecular complexity index is 788. The van der Waals surface area contributed by atoms with Crippen molar-refractivity contribution in [2.24, 2.45) is 0 Å². The van der Waals surface area contributed by atoms with Crippen molar-refractivity contribution in [3.05, 3.63) is 44.2 Å². The Morgan fingerprint density at radius 2 is 2.05 bits per heavy atom. The third-order valence-corrected chi connectivity index (χ3v) is 4.00. The van der Waals surface area contributed by atoms with E-state index in [-0.39, 0.29) is 5.82 Å². The zero-order chi connectivity index (χ0) is 13.6. The molecule has 2 aromatic carbocycles. The lowest BCUT2D eigenvalue weighted by atomic mass is 10.2. The molecule has 3 aromatic rings. The zero-order valence-corrected chi connectivity index (χ0v) is 13.2. The number of hydrogen-bond donors (Lipinski definition) is 1. The molecular formula is C13H7BrFIN2O.